The minimum absolute atomic E-state index is 0.109. The van der Waals surface area contributed by atoms with Crippen LogP contribution in [-0.2, 0) is 4.79 Å². The number of amides is 1. The van der Waals surface area contributed by atoms with Gasteiger partial charge in [0.05, 0.1) is 17.0 Å². The van der Waals surface area contributed by atoms with Gasteiger partial charge < -0.3 is 5.32 Å². The third kappa shape index (κ3) is 4.44. The highest BCUT2D eigenvalue weighted by atomic mass is 35.5. The molecule has 0 saturated heterocycles. The molecule has 0 aliphatic carbocycles. The van der Waals surface area contributed by atoms with Gasteiger partial charge in [0, 0.05) is 28.7 Å². The molecule has 0 saturated carbocycles. The highest BCUT2D eigenvalue weighted by Gasteiger charge is 2.12. The summed E-state index contributed by atoms with van der Waals surface area (Å²) in [4.78, 5) is 16.9. The summed E-state index contributed by atoms with van der Waals surface area (Å²) in [5, 5.41) is 8.90. The molecule has 2 heterocycles. The normalized spacial score (nSPS) is 11.0. The lowest BCUT2D eigenvalue weighted by Gasteiger charge is -2.08. The predicted octanol–water partition coefficient (Wildman–Crippen LogP) is 5.40. The summed E-state index contributed by atoms with van der Waals surface area (Å²) in [5.41, 5.74) is 5.69. The molecule has 0 radical (unpaired) electrons. The molecule has 0 spiro atoms. The third-order valence-electron chi connectivity index (χ3n) is 4.52. The molecule has 29 heavy (non-hydrogen) atoms. The van der Waals surface area contributed by atoms with E-state index in [1.807, 2.05) is 25.3 Å². The minimum atomic E-state index is -0.109. The van der Waals surface area contributed by atoms with Crippen LogP contribution in [0, 0.1) is 13.8 Å². The van der Waals surface area contributed by atoms with Gasteiger partial charge in [-0.15, -0.1) is 0 Å². The number of halogens is 1. The van der Waals surface area contributed by atoms with Crippen LogP contribution in [0.3, 0.4) is 0 Å². The maximum atomic E-state index is 12.4. The van der Waals surface area contributed by atoms with Gasteiger partial charge in [-0.05, 0) is 37.6 Å². The Morgan fingerprint density at radius 3 is 2.72 bits per heavy atom. The number of hydrogen-bond acceptors (Lipinski definition) is 4. The van der Waals surface area contributed by atoms with E-state index in [2.05, 4.69) is 46.6 Å². The molecule has 0 aliphatic rings. The largest absolute Gasteiger partial charge is 0.325 e. The molecular formula is C22H19ClN4OS. The summed E-state index contributed by atoms with van der Waals surface area (Å²) < 4.78 is 1.80. The van der Waals surface area contributed by atoms with Crippen LogP contribution < -0.4 is 5.32 Å². The van der Waals surface area contributed by atoms with Crippen molar-refractivity contribution in [3.63, 3.8) is 0 Å². The molecular weight excluding hydrogens is 404 g/mol. The van der Waals surface area contributed by atoms with E-state index in [0.29, 0.717) is 5.02 Å². The maximum Gasteiger partial charge on any atom is 0.234 e. The highest BCUT2D eigenvalue weighted by Crippen LogP contribution is 2.27. The minimum Gasteiger partial charge on any atom is -0.325 e. The van der Waals surface area contributed by atoms with Crippen LogP contribution in [0.2, 0.25) is 5.02 Å². The van der Waals surface area contributed by atoms with Gasteiger partial charge in [-0.25, -0.2) is 9.50 Å². The van der Waals surface area contributed by atoms with Crippen molar-refractivity contribution < 1.29 is 4.79 Å². The van der Waals surface area contributed by atoms with E-state index in [1.54, 1.807) is 22.8 Å². The molecule has 1 N–H and O–H groups in total. The number of rotatable bonds is 5. The van der Waals surface area contributed by atoms with Gasteiger partial charge >= 0.3 is 0 Å². The van der Waals surface area contributed by atoms with Crippen molar-refractivity contribution in [2.45, 2.75) is 18.9 Å². The number of hydrogen-bond donors (Lipinski definition) is 1. The van der Waals surface area contributed by atoms with Crippen LogP contribution in [0.4, 0.5) is 5.69 Å². The van der Waals surface area contributed by atoms with E-state index in [0.717, 1.165) is 33.1 Å². The van der Waals surface area contributed by atoms with Crippen molar-refractivity contribution in [1.82, 2.24) is 14.6 Å². The molecule has 146 valence electrons. The Morgan fingerprint density at radius 2 is 1.93 bits per heavy atom. The fraction of sp³-hybridized carbons (Fsp3) is 0.136. The SMILES string of the molecule is Cc1ccc(-c2cc3c(SCC(=O)Nc4cc(Cl)ccc4C)nccn3n2)cc1. The second-order valence-corrected chi connectivity index (χ2v) is 8.15. The van der Waals surface area contributed by atoms with Crippen LogP contribution in [-0.4, -0.2) is 26.3 Å². The van der Waals surface area contributed by atoms with Gasteiger partial charge in [0.1, 0.15) is 5.03 Å². The first-order chi connectivity index (χ1) is 14.0. The lowest BCUT2D eigenvalue weighted by molar-refractivity contribution is -0.113. The summed E-state index contributed by atoms with van der Waals surface area (Å²) in [5.74, 6) is 0.131. The molecule has 0 aliphatic heterocycles. The molecule has 4 rings (SSSR count). The fourth-order valence-electron chi connectivity index (χ4n) is 2.92. The number of aryl methyl sites for hydroxylation is 2. The highest BCUT2D eigenvalue weighted by molar-refractivity contribution is 8.00. The molecule has 1 amide bonds. The molecule has 0 fully saturated rings. The molecule has 0 atom stereocenters. The van der Waals surface area contributed by atoms with Gasteiger partial charge in [0.2, 0.25) is 5.91 Å². The summed E-state index contributed by atoms with van der Waals surface area (Å²) in [6.07, 6.45) is 3.51. The average molecular weight is 423 g/mol. The van der Waals surface area contributed by atoms with Crippen molar-refractivity contribution in [3.8, 4) is 11.3 Å². The number of anilines is 1. The Labute approximate surface area is 178 Å². The van der Waals surface area contributed by atoms with Crippen LogP contribution >= 0.6 is 23.4 Å². The van der Waals surface area contributed by atoms with E-state index >= 15 is 0 Å². The summed E-state index contributed by atoms with van der Waals surface area (Å²) in [6, 6.07) is 15.7. The lowest BCUT2D eigenvalue weighted by Crippen LogP contribution is -2.15. The number of thioether (sulfide) groups is 1. The van der Waals surface area contributed by atoms with Gasteiger partial charge in [-0.1, -0.05) is 59.3 Å². The number of nitrogens with zero attached hydrogens (tertiary/aromatic N) is 3. The van der Waals surface area contributed by atoms with Crippen LogP contribution in [0.1, 0.15) is 11.1 Å². The zero-order valence-corrected chi connectivity index (χ0v) is 17.6. The van der Waals surface area contributed by atoms with Gasteiger partial charge in [-0.2, -0.15) is 5.10 Å². The van der Waals surface area contributed by atoms with Crippen molar-refractivity contribution in [3.05, 3.63) is 77.1 Å². The van der Waals surface area contributed by atoms with Crippen molar-refractivity contribution in [1.29, 1.82) is 0 Å². The van der Waals surface area contributed by atoms with Crippen molar-refractivity contribution in [2.24, 2.45) is 0 Å². The molecule has 0 bridgehead atoms. The number of fused-ring (bicyclic) bond motifs is 1. The molecule has 2 aromatic carbocycles. The fourth-order valence-corrected chi connectivity index (χ4v) is 3.87. The van der Waals surface area contributed by atoms with Gasteiger partial charge in [0.25, 0.3) is 0 Å². The number of carbonyl (C=O) groups excluding carboxylic acids is 1. The standard InChI is InChI=1S/C22H19ClN4OS/c1-14-3-6-16(7-4-14)19-12-20-22(24-9-10-27(20)26-19)29-13-21(28)25-18-11-17(23)8-5-15(18)2/h3-12H,13H2,1-2H3,(H,25,28). The first kappa shape index (κ1) is 19.5. The number of nitrogens with one attached hydrogen (secondary N) is 1. The molecule has 4 aromatic rings. The van der Waals surface area contributed by atoms with Crippen LogP contribution in [0.5, 0.6) is 0 Å². The first-order valence-electron chi connectivity index (χ1n) is 9.10. The Morgan fingerprint density at radius 1 is 1.14 bits per heavy atom. The van der Waals surface area contributed by atoms with Gasteiger partial charge in [0.15, 0.2) is 0 Å². The summed E-state index contributed by atoms with van der Waals surface area (Å²) in [6.45, 7) is 3.99. The quantitative estimate of drug-likeness (QED) is 0.437. The maximum absolute atomic E-state index is 12.4. The molecule has 7 heteroatoms. The van der Waals surface area contributed by atoms with Crippen molar-refractivity contribution >= 4 is 40.5 Å². The predicted molar refractivity (Wildman–Crippen MR) is 119 cm³/mol. The molecule has 2 aromatic heterocycles. The second-order valence-electron chi connectivity index (χ2n) is 6.75. The van der Waals surface area contributed by atoms with E-state index < -0.39 is 0 Å². The van der Waals surface area contributed by atoms with E-state index in [-0.39, 0.29) is 11.7 Å². The van der Waals surface area contributed by atoms with Crippen LogP contribution in [0.15, 0.2) is 66.0 Å². The molecule has 5 nitrogen and oxygen atoms in total. The Bertz CT molecular complexity index is 1190. The number of benzene rings is 2. The Hall–Kier alpha value is -2.83. The van der Waals surface area contributed by atoms with E-state index in [9.17, 15) is 4.79 Å². The van der Waals surface area contributed by atoms with Crippen molar-refractivity contribution in [2.75, 3.05) is 11.1 Å². The monoisotopic (exact) mass is 422 g/mol. The molecule has 0 unspecified atom stereocenters. The third-order valence-corrected chi connectivity index (χ3v) is 5.75. The Kier molecular flexibility index (Phi) is 5.56. The number of aromatic nitrogens is 3. The first-order valence-corrected chi connectivity index (χ1v) is 10.5. The lowest BCUT2D eigenvalue weighted by atomic mass is 10.1. The smallest absolute Gasteiger partial charge is 0.234 e. The zero-order chi connectivity index (χ0) is 20.4. The zero-order valence-electron chi connectivity index (χ0n) is 16.0. The van der Waals surface area contributed by atoms with E-state index in [1.165, 1.54) is 17.3 Å². The van der Waals surface area contributed by atoms with Gasteiger partial charge in [-0.3, -0.25) is 4.79 Å². The van der Waals surface area contributed by atoms with E-state index in [4.69, 9.17) is 11.6 Å². The second kappa shape index (κ2) is 8.27. The van der Waals surface area contributed by atoms with Crippen LogP contribution in [0.25, 0.3) is 16.8 Å². The topological polar surface area (TPSA) is 59.3 Å². The summed E-state index contributed by atoms with van der Waals surface area (Å²) >= 11 is 7.41. The Balaban J connectivity index is 1.51. The number of carbonyl (C=O) groups is 1. The average Bonchev–Trinajstić information content (AvgIpc) is 3.14. The summed E-state index contributed by atoms with van der Waals surface area (Å²) in [7, 11) is 0.